The van der Waals surface area contributed by atoms with Gasteiger partial charge in [0.25, 0.3) is 0 Å². The van der Waals surface area contributed by atoms with Crippen LogP contribution in [-0.2, 0) is 17.8 Å². The van der Waals surface area contributed by atoms with Gasteiger partial charge in [-0.3, -0.25) is 0 Å². The minimum Gasteiger partial charge on any atom is -0.372 e. The molecule has 0 bridgehead atoms. The van der Waals surface area contributed by atoms with E-state index in [9.17, 15) is 0 Å². The molecule has 0 spiro atoms. The van der Waals surface area contributed by atoms with E-state index in [0.29, 0.717) is 19.0 Å². The van der Waals surface area contributed by atoms with Crippen molar-refractivity contribution in [2.45, 2.75) is 65.8 Å². The van der Waals surface area contributed by atoms with Crippen molar-refractivity contribution in [2.24, 2.45) is 4.99 Å². The van der Waals surface area contributed by atoms with Gasteiger partial charge in [0.15, 0.2) is 5.96 Å². The largest absolute Gasteiger partial charge is 0.372 e. The molecule has 2 unspecified atom stereocenters. The predicted octanol–water partition coefficient (Wildman–Crippen LogP) is 3.53. The highest BCUT2D eigenvalue weighted by Gasteiger charge is 2.22. The summed E-state index contributed by atoms with van der Waals surface area (Å²) >= 11 is 1.69. The van der Waals surface area contributed by atoms with Crippen LogP contribution in [0.2, 0.25) is 0 Å². The van der Waals surface area contributed by atoms with Gasteiger partial charge in [-0.2, -0.15) is 0 Å². The van der Waals surface area contributed by atoms with Crippen molar-refractivity contribution >= 4 is 23.1 Å². The lowest BCUT2D eigenvalue weighted by Gasteiger charge is -2.36. The molecule has 2 atom stereocenters. The van der Waals surface area contributed by atoms with E-state index in [1.165, 1.54) is 0 Å². The summed E-state index contributed by atoms with van der Waals surface area (Å²) in [6, 6.07) is 4.19. The molecule has 30 heavy (non-hydrogen) atoms. The second-order valence-electron chi connectivity index (χ2n) is 8.06. The number of nitrogens with one attached hydrogen (secondary N) is 2. The third-order valence-corrected chi connectivity index (χ3v) is 5.75. The van der Waals surface area contributed by atoms with Crippen LogP contribution in [0.5, 0.6) is 0 Å². The Morgan fingerprint density at radius 3 is 2.63 bits per heavy atom. The maximum atomic E-state index is 5.81. The van der Waals surface area contributed by atoms with Crippen molar-refractivity contribution in [3.63, 3.8) is 0 Å². The minimum atomic E-state index is 0.225. The molecule has 164 valence electrons. The Morgan fingerprint density at radius 2 is 2.03 bits per heavy atom. The average molecular weight is 431 g/mol. The average Bonchev–Trinajstić information content (AvgIpc) is 3.19. The number of aliphatic imine (C=N–C) groups is 1. The summed E-state index contributed by atoms with van der Waals surface area (Å²) in [5.74, 6) is 2.24. The number of thiazole rings is 1. The Labute approximate surface area is 184 Å². The lowest BCUT2D eigenvalue weighted by atomic mass is 10.2. The number of anilines is 1. The summed E-state index contributed by atoms with van der Waals surface area (Å²) in [6.45, 7) is 14.4. The molecule has 7 nitrogen and oxygen atoms in total. The van der Waals surface area contributed by atoms with Crippen LogP contribution >= 0.6 is 11.3 Å². The van der Waals surface area contributed by atoms with Crippen molar-refractivity contribution in [3.8, 4) is 0 Å². The molecule has 2 aromatic rings. The van der Waals surface area contributed by atoms with Crippen LogP contribution in [-0.4, -0.2) is 47.8 Å². The van der Waals surface area contributed by atoms with E-state index in [-0.39, 0.29) is 12.2 Å². The summed E-state index contributed by atoms with van der Waals surface area (Å²) < 4.78 is 5.81. The topological polar surface area (TPSA) is 74.7 Å². The first-order valence-corrected chi connectivity index (χ1v) is 11.6. The molecule has 1 fully saturated rings. The van der Waals surface area contributed by atoms with Crippen LogP contribution in [0.3, 0.4) is 0 Å². The zero-order valence-electron chi connectivity index (χ0n) is 18.7. The molecule has 3 heterocycles. The fourth-order valence-electron chi connectivity index (χ4n) is 3.41. The summed E-state index contributed by atoms with van der Waals surface area (Å²) in [7, 11) is 0. The first-order chi connectivity index (χ1) is 14.4. The summed E-state index contributed by atoms with van der Waals surface area (Å²) in [6.07, 6.45) is 2.37. The molecular weight excluding hydrogens is 396 g/mol. The van der Waals surface area contributed by atoms with Gasteiger partial charge in [0.05, 0.1) is 31.0 Å². The van der Waals surface area contributed by atoms with Crippen LogP contribution in [0.25, 0.3) is 0 Å². The Balaban J connectivity index is 1.57. The molecule has 2 N–H and O–H groups in total. The smallest absolute Gasteiger partial charge is 0.191 e. The summed E-state index contributed by atoms with van der Waals surface area (Å²) in [5, 5.41) is 9.88. The number of aromatic nitrogens is 2. The van der Waals surface area contributed by atoms with E-state index < -0.39 is 0 Å². The highest BCUT2D eigenvalue weighted by atomic mass is 32.1. The molecule has 0 aromatic carbocycles. The van der Waals surface area contributed by atoms with E-state index in [2.05, 4.69) is 77.6 Å². The molecule has 0 saturated carbocycles. The molecule has 0 radical (unpaired) electrons. The number of nitrogens with zero attached hydrogens (tertiary/aromatic N) is 4. The molecule has 0 aliphatic carbocycles. The van der Waals surface area contributed by atoms with Crippen molar-refractivity contribution in [1.29, 1.82) is 0 Å². The number of rotatable bonds is 7. The lowest BCUT2D eigenvalue weighted by Crippen LogP contribution is -2.45. The number of pyridine rings is 1. The fourth-order valence-corrected chi connectivity index (χ4v) is 4.30. The second kappa shape index (κ2) is 10.7. The molecular formula is C22H34N6OS. The highest BCUT2D eigenvalue weighted by Crippen LogP contribution is 2.19. The SMILES string of the molecule is CCNC(=NCc1ccc(N2CC(C)OC(C)C2)nc1)NCc1nc(C(C)C)cs1. The Morgan fingerprint density at radius 1 is 1.27 bits per heavy atom. The van der Waals surface area contributed by atoms with Crippen molar-refractivity contribution in [3.05, 3.63) is 40.0 Å². The zero-order valence-corrected chi connectivity index (χ0v) is 19.5. The number of guanidine groups is 1. The maximum Gasteiger partial charge on any atom is 0.191 e. The van der Waals surface area contributed by atoms with Gasteiger partial charge in [0.1, 0.15) is 10.8 Å². The van der Waals surface area contributed by atoms with Crippen molar-refractivity contribution < 1.29 is 4.74 Å². The Hall–Kier alpha value is -2.19. The number of hydrogen-bond acceptors (Lipinski definition) is 6. The molecule has 3 rings (SSSR count). The van der Waals surface area contributed by atoms with E-state index >= 15 is 0 Å². The normalized spacial score (nSPS) is 19.9. The molecule has 1 saturated heterocycles. The van der Waals surface area contributed by atoms with Gasteiger partial charge in [-0.25, -0.2) is 15.0 Å². The monoisotopic (exact) mass is 430 g/mol. The first-order valence-electron chi connectivity index (χ1n) is 10.8. The van der Waals surface area contributed by atoms with Crippen molar-refractivity contribution in [2.75, 3.05) is 24.5 Å². The van der Waals surface area contributed by atoms with Gasteiger partial charge in [-0.05, 0) is 38.3 Å². The van der Waals surface area contributed by atoms with Crippen LogP contribution in [0, 0.1) is 0 Å². The molecule has 2 aromatic heterocycles. The minimum absolute atomic E-state index is 0.225. The van der Waals surface area contributed by atoms with Crippen molar-refractivity contribution in [1.82, 2.24) is 20.6 Å². The number of ether oxygens (including phenoxy) is 1. The molecule has 0 amide bonds. The van der Waals surface area contributed by atoms with Crippen LogP contribution < -0.4 is 15.5 Å². The van der Waals surface area contributed by atoms with E-state index in [0.717, 1.165) is 47.7 Å². The summed E-state index contributed by atoms with van der Waals surface area (Å²) in [5.41, 5.74) is 2.23. The molecule has 8 heteroatoms. The number of hydrogen-bond donors (Lipinski definition) is 2. The highest BCUT2D eigenvalue weighted by molar-refractivity contribution is 7.09. The van der Waals surface area contributed by atoms with Gasteiger partial charge < -0.3 is 20.3 Å². The van der Waals surface area contributed by atoms with Gasteiger partial charge in [-0.15, -0.1) is 11.3 Å². The van der Waals surface area contributed by atoms with E-state index in [4.69, 9.17) is 9.73 Å². The zero-order chi connectivity index (χ0) is 21.5. The van der Waals surface area contributed by atoms with E-state index in [1.807, 2.05) is 6.20 Å². The van der Waals surface area contributed by atoms with Gasteiger partial charge in [-0.1, -0.05) is 19.9 Å². The number of morpholine rings is 1. The van der Waals surface area contributed by atoms with Gasteiger partial charge >= 0.3 is 0 Å². The summed E-state index contributed by atoms with van der Waals surface area (Å²) in [4.78, 5) is 16.3. The van der Waals surface area contributed by atoms with Gasteiger partial charge in [0, 0.05) is 31.2 Å². The third kappa shape index (κ3) is 6.40. The van der Waals surface area contributed by atoms with Crippen LogP contribution in [0.15, 0.2) is 28.7 Å². The molecule has 1 aliphatic heterocycles. The first kappa shape index (κ1) is 22.5. The molecule has 1 aliphatic rings. The Bertz CT molecular complexity index is 809. The Kier molecular flexibility index (Phi) is 8.04. The van der Waals surface area contributed by atoms with Gasteiger partial charge in [0.2, 0.25) is 0 Å². The third-order valence-electron chi connectivity index (χ3n) is 4.88. The lowest BCUT2D eigenvalue weighted by molar-refractivity contribution is -0.00545. The fraction of sp³-hybridized carbons (Fsp3) is 0.591. The van der Waals surface area contributed by atoms with Crippen LogP contribution in [0.4, 0.5) is 5.82 Å². The van der Waals surface area contributed by atoms with Crippen LogP contribution in [0.1, 0.15) is 56.8 Å². The second-order valence-corrected chi connectivity index (χ2v) is 9.00. The quantitative estimate of drug-likeness (QED) is 0.517. The van der Waals surface area contributed by atoms with E-state index in [1.54, 1.807) is 11.3 Å². The maximum absolute atomic E-state index is 5.81. The predicted molar refractivity (Wildman–Crippen MR) is 124 cm³/mol. The standard InChI is InChI=1S/C22H34N6OS/c1-6-23-22(26-11-21-27-19(14-30-21)15(2)3)25-10-18-7-8-20(24-9-18)28-12-16(4)29-17(5)13-28/h7-9,14-17H,6,10-13H2,1-5H3,(H2,23,25,26).